The molecule has 0 aromatic heterocycles. The summed E-state index contributed by atoms with van der Waals surface area (Å²) in [6.45, 7) is 6.48. The van der Waals surface area contributed by atoms with Crippen molar-refractivity contribution >= 4 is 5.69 Å². The highest BCUT2D eigenvalue weighted by molar-refractivity contribution is 5.64. The van der Waals surface area contributed by atoms with Crippen molar-refractivity contribution in [2.24, 2.45) is 0 Å². The maximum atomic E-state index is 9.45. The van der Waals surface area contributed by atoms with Crippen LogP contribution in [0.15, 0.2) is 6.07 Å². The Morgan fingerprint density at radius 3 is 2.64 bits per heavy atom. The number of phenols is 1. The normalized spacial score (nSPS) is 10.2. The molecule has 1 aromatic carbocycles. The summed E-state index contributed by atoms with van der Waals surface area (Å²) < 4.78 is 5.56. The number of hydrogen-bond acceptors (Lipinski definition) is 3. The van der Waals surface area contributed by atoms with Crippen molar-refractivity contribution in [1.29, 1.82) is 0 Å². The third kappa shape index (κ3) is 1.92. The first-order valence-corrected chi connectivity index (χ1v) is 4.79. The second-order valence-electron chi connectivity index (χ2n) is 3.43. The van der Waals surface area contributed by atoms with Gasteiger partial charge in [0.25, 0.3) is 0 Å². The molecule has 0 radical (unpaired) electrons. The second kappa shape index (κ2) is 4.22. The molecule has 0 atom stereocenters. The first-order chi connectivity index (χ1) is 6.57. The van der Waals surface area contributed by atoms with Gasteiger partial charge in [0.05, 0.1) is 12.3 Å². The molecule has 0 unspecified atom stereocenters. The zero-order valence-electron chi connectivity index (χ0n) is 8.92. The number of aryl methyl sites for hydroxylation is 1. The van der Waals surface area contributed by atoms with E-state index < -0.39 is 0 Å². The van der Waals surface area contributed by atoms with Gasteiger partial charge in [0.1, 0.15) is 11.5 Å². The lowest BCUT2D eigenvalue weighted by atomic mass is 10.1. The second-order valence-corrected chi connectivity index (χ2v) is 3.43. The zero-order chi connectivity index (χ0) is 10.7. The molecule has 1 aromatic rings. The van der Waals surface area contributed by atoms with Gasteiger partial charge in [-0.25, -0.2) is 0 Å². The predicted molar refractivity (Wildman–Crippen MR) is 57.8 cm³/mol. The Labute approximate surface area is 84.5 Å². The highest BCUT2D eigenvalue weighted by Crippen LogP contribution is 2.34. The van der Waals surface area contributed by atoms with Crippen LogP contribution < -0.4 is 10.5 Å². The van der Waals surface area contributed by atoms with E-state index in [1.54, 1.807) is 6.07 Å². The first-order valence-electron chi connectivity index (χ1n) is 4.79. The molecule has 0 bridgehead atoms. The van der Waals surface area contributed by atoms with E-state index >= 15 is 0 Å². The summed E-state index contributed by atoms with van der Waals surface area (Å²) in [7, 11) is 0. The molecule has 0 aliphatic heterocycles. The molecule has 0 heterocycles. The topological polar surface area (TPSA) is 55.5 Å². The largest absolute Gasteiger partial charge is 0.506 e. The van der Waals surface area contributed by atoms with Gasteiger partial charge in [-0.1, -0.05) is 6.92 Å². The van der Waals surface area contributed by atoms with E-state index in [-0.39, 0.29) is 5.75 Å². The highest BCUT2D eigenvalue weighted by atomic mass is 16.5. The number of hydrogen-bond donors (Lipinski definition) is 2. The maximum absolute atomic E-state index is 9.45. The van der Waals surface area contributed by atoms with Crippen LogP contribution in [0.2, 0.25) is 0 Å². The molecule has 0 saturated carbocycles. The maximum Gasteiger partial charge on any atom is 0.139 e. The Morgan fingerprint density at radius 1 is 1.43 bits per heavy atom. The van der Waals surface area contributed by atoms with Crippen molar-refractivity contribution in [2.45, 2.75) is 27.2 Å². The molecule has 0 spiro atoms. The van der Waals surface area contributed by atoms with Gasteiger partial charge < -0.3 is 15.6 Å². The van der Waals surface area contributed by atoms with E-state index in [9.17, 15) is 5.11 Å². The fourth-order valence-electron chi connectivity index (χ4n) is 1.38. The van der Waals surface area contributed by atoms with Crippen LogP contribution in [0.3, 0.4) is 0 Å². The summed E-state index contributed by atoms with van der Waals surface area (Å²) in [5, 5.41) is 9.45. The molecule has 0 aliphatic carbocycles. The summed E-state index contributed by atoms with van der Waals surface area (Å²) in [5.41, 5.74) is 7.83. The fraction of sp³-hybridized carbons (Fsp3) is 0.455. The molecule has 0 fully saturated rings. The summed E-state index contributed by atoms with van der Waals surface area (Å²) in [6.07, 6.45) is 0.958. The van der Waals surface area contributed by atoms with Gasteiger partial charge in [0.2, 0.25) is 0 Å². The van der Waals surface area contributed by atoms with Crippen LogP contribution in [-0.2, 0) is 0 Å². The Bertz CT molecular complexity index is 335. The number of ether oxygens (including phenoxy) is 1. The zero-order valence-corrected chi connectivity index (χ0v) is 8.92. The summed E-state index contributed by atoms with van der Waals surface area (Å²) in [5.74, 6) is 0.922. The van der Waals surface area contributed by atoms with Crippen molar-refractivity contribution in [3.63, 3.8) is 0 Å². The van der Waals surface area contributed by atoms with E-state index in [2.05, 4.69) is 6.92 Å². The Morgan fingerprint density at radius 2 is 2.07 bits per heavy atom. The van der Waals surface area contributed by atoms with Gasteiger partial charge in [-0.15, -0.1) is 0 Å². The molecular weight excluding hydrogens is 178 g/mol. The molecule has 3 heteroatoms. The molecular formula is C11H17NO2. The number of nitrogen functional groups attached to an aromatic ring is 1. The third-order valence-corrected chi connectivity index (χ3v) is 2.18. The van der Waals surface area contributed by atoms with Crippen LogP contribution in [0.5, 0.6) is 11.5 Å². The summed E-state index contributed by atoms with van der Waals surface area (Å²) >= 11 is 0. The van der Waals surface area contributed by atoms with Crippen LogP contribution in [0.4, 0.5) is 5.69 Å². The van der Waals surface area contributed by atoms with E-state index in [0.29, 0.717) is 12.3 Å². The average molecular weight is 195 g/mol. The number of rotatable bonds is 3. The van der Waals surface area contributed by atoms with Crippen molar-refractivity contribution in [2.75, 3.05) is 12.3 Å². The fourth-order valence-corrected chi connectivity index (χ4v) is 1.38. The van der Waals surface area contributed by atoms with E-state index in [1.807, 2.05) is 13.8 Å². The summed E-state index contributed by atoms with van der Waals surface area (Å²) in [4.78, 5) is 0. The molecule has 0 amide bonds. The van der Waals surface area contributed by atoms with Crippen molar-refractivity contribution in [3.05, 3.63) is 17.2 Å². The molecule has 0 saturated heterocycles. The van der Waals surface area contributed by atoms with E-state index in [4.69, 9.17) is 10.5 Å². The molecule has 78 valence electrons. The van der Waals surface area contributed by atoms with Crippen molar-refractivity contribution in [3.8, 4) is 11.5 Å². The quantitative estimate of drug-likeness (QED) is 0.575. The smallest absolute Gasteiger partial charge is 0.139 e. The van der Waals surface area contributed by atoms with Crippen LogP contribution in [0, 0.1) is 13.8 Å². The highest BCUT2D eigenvalue weighted by Gasteiger charge is 2.10. The first kappa shape index (κ1) is 10.7. The SMILES string of the molecule is CCCOc1c(C)cc(O)c(N)c1C. The summed E-state index contributed by atoms with van der Waals surface area (Å²) in [6, 6.07) is 1.63. The van der Waals surface area contributed by atoms with Crippen LogP contribution in [-0.4, -0.2) is 11.7 Å². The Balaban J connectivity index is 3.09. The Kier molecular flexibility index (Phi) is 3.23. The minimum Gasteiger partial charge on any atom is -0.506 e. The Hall–Kier alpha value is -1.38. The van der Waals surface area contributed by atoms with Gasteiger partial charge in [0, 0.05) is 5.56 Å². The van der Waals surface area contributed by atoms with Crippen LogP contribution in [0.25, 0.3) is 0 Å². The van der Waals surface area contributed by atoms with E-state index in [0.717, 1.165) is 23.3 Å². The monoisotopic (exact) mass is 195 g/mol. The minimum absolute atomic E-state index is 0.129. The van der Waals surface area contributed by atoms with Gasteiger partial charge in [-0.05, 0) is 31.9 Å². The molecule has 3 nitrogen and oxygen atoms in total. The average Bonchev–Trinajstić information content (AvgIpc) is 2.14. The van der Waals surface area contributed by atoms with Crippen LogP contribution >= 0.6 is 0 Å². The van der Waals surface area contributed by atoms with E-state index in [1.165, 1.54) is 0 Å². The number of benzene rings is 1. The van der Waals surface area contributed by atoms with Gasteiger partial charge in [-0.2, -0.15) is 0 Å². The number of phenolic OH excluding ortho intramolecular Hbond substituents is 1. The lowest BCUT2D eigenvalue weighted by Gasteiger charge is -2.14. The number of aromatic hydroxyl groups is 1. The van der Waals surface area contributed by atoms with Crippen LogP contribution in [0.1, 0.15) is 24.5 Å². The minimum atomic E-state index is 0.129. The number of anilines is 1. The third-order valence-electron chi connectivity index (χ3n) is 2.18. The molecule has 14 heavy (non-hydrogen) atoms. The van der Waals surface area contributed by atoms with Gasteiger partial charge in [0.15, 0.2) is 0 Å². The predicted octanol–water partition coefficient (Wildman–Crippen LogP) is 2.38. The molecule has 1 rings (SSSR count). The standard InChI is InChI=1S/C11H17NO2/c1-4-5-14-11-7(2)6-9(13)10(12)8(11)3/h6,13H,4-5,12H2,1-3H3. The van der Waals surface area contributed by atoms with Gasteiger partial charge in [-0.3, -0.25) is 0 Å². The molecule has 0 aliphatic rings. The molecule has 3 N–H and O–H groups in total. The number of nitrogens with two attached hydrogens (primary N) is 1. The van der Waals surface area contributed by atoms with Crippen molar-refractivity contribution in [1.82, 2.24) is 0 Å². The lowest BCUT2D eigenvalue weighted by molar-refractivity contribution is 0.313. The van der Waals surface area contributed by atoms with Gasteiger partial charge >= 0.3 is 0 Å². The van der Waals surface area contributed by atoms with Crippen molar-refractivity contribution < 1.29 is 9.84 Å². The lowest BCUT2D eigenvalue weighted by Crippen LogP contribution is -2.01.